The van der Waals surface area contributed by atoms with Gasteiger partial charge in [-0.25, -0.2) is 4.98 Å². The summed E-state index contributed by atoms with van der Waals surface area (Å²) >= 11 is 6.30. The molecule has 0 saturated heterocycles. The summed E-state index contributed by atoms with van der Waals surface area (Å²) in [5.41, 5.74) is 3.54. The van der Waals surface area contributed by atoms with Gasteiger partial charge >= 0.3 is 0 Å². The van der Waals surface area contributed by atoms with E-state index in [1.54, 1.807) is 0 Å². The van der Waals surface area contributed by atoms with Crippen molar-refractivity contribution in [3.8, 4) is 0 Å². The molecule has 2 rings (SSSR count). The van der Waals surface area contributed by atoms with Crippen LogP contribution in [0, 0.1) is 6.92 Å². The van der Waals surface area contributed by atoms with E-state index in [0.29, 0.717) is 0 Å². The maximum absolute atomic E-state index is 6.30. The predicted octanol–water partition coefficient (Wildman–Crippen LogP) is 5.61. The van der Waals surface area contributed by atoms with Crippen LogP contribution in [0.15, 0.2) is 18.2 Å². The molecular weight excluding hydrogens is 268 g/mol. The van der Waals surface area contributed by atoms with Crippen molar-refractivity contribution < 1.29 is 0 Å². The molecule has 3 heteroatoms. The molecule has 1 atom stereocenters. The van der Waals surface area contributed by atoms with Gasteiger partial charge in [-0.05, 0) is 38.0 Å². The molecule has 0 spiro atoms. The zero-order valence-corrected chi connectivity index (χ0v) is 13.6. The van der Waals surface area contributed by atoms with Crippen molar-refractivity contribution in [1.29, 1.82) is 0 Å². The van der Waals surface area contributed by atoms with E-state index in [0.717, 1.165) is 17.9 Å². The van der Waals surface area contributed by atoms with E-state index < -0.39 is 0 Å². The highest BCUT2D eigenvalue weighted by Gasteiger charge is 2.14. The number of hydrogen-bond acceptors (Lipinski definition) is 1. The lowest BCUT2D eigenvalue weighted by Crippen LogP contribution is -2.04. The van der Waals surface area contributed by atoms with Crippen LogP contribution in [0.1, 0.15) is 62.7 Å². The van der Waals surface area contributed by atoms with Gasteiger partial charge in [0.15, 0.2) is 0 Å². The molecule has 1 unspecified atom stereocenters. The van der Waals surface area contributed by atoms with Crippen molar-refractivity contribution in [2.75, 3.05) is 0 Å². The van der Waals surface area contributed by atoms with E-state index in [1.807, 2.05) is 6.92 Å². The minimum atomic E-state index is -0.0432. The van der Waals surface area contributed by atoms with Crippen molar-refractivity contribution in [2.45, 2.75) is 64.8 Å². The van der Waals surface area contributed by atoms with Crippen LogP contribution in [0.2, 0.25) is 0 Å². The third-order valence-electron chi connectivity index (χ3n) is 3.77. The van der Waals surface area contributed by atoms with Crippen LogP contribution in [0.5, 0.6) is 0 Å². The molecule has 1 aromatic heterocycles. The van der Waals surface area contributed by atoms with Gasteiger partial charge in [0.25, 0.3) is 0 Å². The molecule has 0 radical (unpaired) electrons. The molecule has 0 saturated carbocycles. The second-order valence-corrected chi connectivity index (χ2v) is 6.30. The summed E-state index contributed by atoms with van der Waals surface area (Å²) in [7, 11) is 0. The SMILES string of the molecule is CCCCCCCn1c(C(C)Cl)nc2cc(C)ccc21. The number of fused-ring (bicyclic) bond motifs is 1. The average Bonchev–Trinajstić information content (AvgIpc) is 2.76. The average molecular weight is 293 g/mol. The Morgan fingerprint density at radius 3 is 2.65 bits per heavy atom. The molecule has 0 aliphatic rings. The summed E-state index contributed by atoms with van der Waals surface area (Å²) < 4.78 is 2.30. The molecule has 0 N–H and O–H groups in total. The number of hydrogen-bond donors (Lipinski definition) is 0. The van der Waals surface area contributed by atoms with Crippen molar-refractivity contribution in [2.24, 2.45) is 0 Å². The smallest absolute Gasteiger partial charge is 0.127 e. The van der Waals surface area contributed by atoms with Crippen LogP contribution in [0.4, 0.5) is 0 Å². The lowest BCUT2D eigenvalue weighted by atomic mass is 10.1. The Hall–Kier alpha value is -1.02. The number of aryl methyl sites for hydroxylation is 2. The van der Waals surface area contributed by atoms with Crippen LogP contribution >= 0.6 is 11.6 Å². The van der Waals surface area contributed by atoms with Crippen molar-refractivity contribution in [1.82, 2.24) is 9.55 Å². The summed E-state index contributed by atoms with van der Waals surface area (Å²) in [5, 5.41) is -0.0432. The van der Waals surface area contributed by atoms with Gasteiger partial charge in [0, 0.05) is 6.54 Å². The normalized spacial score (nSPS) is 13.0. The Morgan fingerprint density at radius 1 is 1.20 bits per heavy atom. The van der Waals surface area contributed by atoms with E-state index in [9.17, 15) is 0 Å². The summed E-state index contributed by atoms with van der Waals surface area (Å²) in [4.78, 5) is 4.72. The zero-order valence-electron chi connectivity index (χ0n) is 12.8. The third kappa shape index (κ3) is 3.54. The van der Waals surface area contributed by atoms with Crippen molar-refractivity contribution >= 4 is 22.6 Å². The Balaban J connectivity index is 2.18. The van der Waals surface area contributed by atoms with Gasteiger partial charge in [-0.15, -0.1) is 11.6 Å². The Morgan fingerprint density at radius 2 is 1.95 bits per heavy atom. The first-order valence-electron chi connectivity index (χ1n) is 7.74. The van der Waals surface area contributed by atoms with Gasteiger partial charge in [-0.3, -0.25) is 0 Å². The van der Waals surface area contributed by atoms with E-state index in [4.69, 9.17) is 16.6 Å². The Labute approximate surface area is 127 Å². The number of alkyl halides is 1. The largest absolute Gasteiger partial charge is 0.327 e. The van der Waals surface area contributed by atoms with Gasteiger partial charge in [-0.2, -0.15) is 0 Å². The maximum Gasteiger partial charge on any atom is 0.127 e. The first kappa shape index (κ1) is 15.4. The molecule has 1 heterocycles. The van der Waals surface area contributed by atoms with E-state index in [-0.39, 0.29) is 5.38 Å². The van der Waals surface area contributed by atoms with E-state index >= 15 is 0 Å². The number of benzene rings is 1. The summed E-state index contributed by atoms with van der Waals surface area (Å²) in [6, 6.07) is 6.47. The van der Waals surface area contributed by atoms with Gasteiger partial charge in [-0.1, -0.05) is 38.7 Å². The molecule has 0 aliphatic heterocycles. The first-order chi connectivity index (χ1) is 9.63. The predicted molar refractivity (Wildman–Crippen MR) is 87.5 cm³/mol. The molecule has 110 valence electrons. The Bertz CT molecular complexity index is 557. The summed E-state index contributed by atoms with van der Waals surface area (Å²) in [5.74, 6) is 1.00. The zero-order chi connectivity index (χ0) is 14.5. The molecule has 0 bridgehead atoms. The quantitative estimate of drug-likeness (QED) is 0.479. The van der Waals surface area contributed by atoms with Crippen LogP contribution in [-0.2, 0) is 6.54 Å². The summed E-state index contributed by atoms with van der Waals surface area (Å²) in [6.07, 6.45) is 6.44. The lowest BCUT2D eigenvalue weighted by Gasteiger charge is -2.10. The number of rotatable bonds is 7. The van der Waals surface area contributed by atoms with Crippen molar-refractivity contribution in [3.05, 3.63) is 29.6 Å². The number of unbranched alkanes of at least 4 members (excludes halogenated alkanes) is 4. The lowest BCUT2D eigenvalue weighted by molar-refractivity contribution is 0.562. The van der Waals surface area contributed by atoms with Gasteiger partial charge in [0.2, 0.25) is 0 Å². The minimum absolute atomic E-state index is 0.0432. The first-order valence-corrected chi connectivity index (χ1v) is 8.18. The van der Waals surface area contributed by atoms with Gasteiger partial charge < -0.3 is 4.57 Å². The summed E-state index contributed by atoms with van der Waals surface area (Å²) in [6.45, 7) is 7.38. The van der Waals surface area contributed by atoms with Crippen molar-refractivity contribution in [3.63, 3.8) is 0 Å². The van der Waals surface area contributed by atoms with Gasteiger partial charge in [0.1, 0.15) is 5.82 Å². The highest BCUT2D eigenvalue weighted by atomic mass is 35.5. The minimum Gasteiger partial charge on any atom is -0.327 e. The number of nitrogens with zero attached hydrogens (tertiary/aromatic N) is 2. The number of imidazole rings is 1. The van der Waals surface area contributed by atoms with Crippen LogP contribution in [-0.4, -0.2) is 9.55 Å². The fourth-order valence-electron chi connectivity index (χ4n) is 2.67. The molecule has 0 fully saturated rings. The molecule has 0 amide bonds. The standard InChI is InChI=1S/C17H25ClN2/c1-4-5-6-7-8-11-20-16-10-9-13(2)12-15(16)19-17(20)14(3)18/h9-10,12,14H,4-8,11H2,1-3H3. The van der Waals surface area contributed by atoms with E-state index in [1.165, 1.54) is 43.2 Å². The molecule has 2 nitrogen and oxygen atoms in total. The second kappa shape index (κ2) is 7.12. The number of aromatic nitrogens is 2. The topological polar surface area (TPSA) is 17.8 Å². The van der Waals surface area contributed by atoms with E-state index in [2.05, 4.69) is 36.6 Å². The highest BCUT2D eigenvalue weighted by molar-refractivity contribution is 6.20. The molecule has 20 heavy (non-hydrogen) atoms. The second-order valence-electron chi connectivity index (χ2n) is 5.64. The van der Waals surface area contributed by atoms with Gasteiger partial charge in [0.05, 0.1) is 16.4 Å². The Kier molecular flexibility index (Phi) is 5.47. The van der Waals surface area contributed by atoms with Crippen LogP contribution in [0.3, 0.4) is 0 Å². The maximum atomic E-state index is 6.30. The van der Waals surface area contributed by atoms with Crippen LogP contribution < -0.4 is 0 Å². The fourth-order valence-corrected chi connectivity index (χ4v) is 2.84. The molecule has 1 aromatic carbocycles. The number of halogens is 1. The fraction of sp³-hybridized carbons (Fsp3) is 0.588. The molecule has 0 aliphatic carbocycles. The third-order valence-corrected chi connectivity index (χ3v) is 3.97. The monoisotopic (exact) mass is 292 g/mol. The molecular formula is C17H25ClN2. The highest BCUT2D eigenvalue weighted by Crippen LogP contribution is 2.25. The molecule has 2 aromatic rings. The van der Waals surface area contributed by atoms with Crippen LogP contribution in [0.25, 0.3) is 11.0 Å².